The second-order valence-corrected chi connectivity index (χ2v) is 7.97. The number of rotatable bonds is 3. The van der Waals surface area contributed by atoms with Crippen LogP contribution in [0.4, 0.5) is 5.69 Å². The van der Waals surface area contributed by atoms with Gasteiger partial charge < -0.3 is 15.1 Å². The molecule has 3 heterocycles. The molecule has 3 atom stereocenters. The first-order valence-electron chi connectivity index (χ1n) is 10.0. The monoisotopic (exact) mass is 355 g/mol. The lowest BCUT2D eigenvalue weighted by Crippen LogP contribution is -2.38. The third-order valence-corrected chi connectivity index (χ3v) is 6.47. The summed E-state index contributed by atoms with van der Waals surface area (Å²) < 4.78 is 0. The van der Waals surface area contributed by atoms with Gasteiger partial charge in [0.05, 0.1) is 5.92 Å². The van der Waals surface area contributed by atoms with Gasteiger partial charge in [0.1, 0.15) is 0 Å². The summed E-state index contributed by atoms with van der Waals surface area (Å²) in [5.74, 6) is 1.50. The van der Waals surface area contributed by atoms with Crippen molar-refractivity contribution < 1.29 is 9.59 Å². The summed E-state index contributed by atoms with van der Waals surface area (Å²) in [6.45, 7) is 6.51. The number of hydrogen-bond acceptors (Lipinski definition) is 3. The first-order chi connectivity index (χ1) is 12.7. The number of carbonyl (C=O) groups is 2. The minimum atomic E-state index is -0.191. The third-order valence-electron chi connectivity index (χ3n) is 6.47. The van der Waals surface area contributed by atoms with Crippen LogP contribution < -0.4 is 10.2 Å². The molecule has 0 bridgehead atoms. The standard InChI is InChI=1S/C21H29N3O2/c1-2-15-5-3-4-6-19(15)24-14-18(11-20(24)25)21(26)23-9-7-16-12-22-13-17(16)8-10-23/h3-6,16-18,22H,2,7-14H2,1H3/t16-,17+,18?. The number of nitrogens with zero attached hydrogens (tertiary/aromatic N) is 2. The number of likely N-dealkylation sites (tertiary alicyclic amines) is 1. The van der Waals surface area contributed by atoms with E-state index in [1.807, 2.05) is 28.0 Å². The van der Waals surface area contributed by atoms with E-state index in [1.54, 1.807) is 0 Å². The van der Waals surface area contributed by atoms with Crippen LogP contribution in [0.5, 0.6) is 0 Å². The number of aryl methyl sites for hydroxylation is 1. The molecule has 2 amide bonds. The number of hydrogen-bond donors (Lipinski definition) is 1. The lowest BCUT2D eigenvalue weighted by molar-refractivity contribution is -0.135. The molecule has 140 valence electrons. The van der Waals surface area contributed by atoms with E-state index >= 15 is 0 Å². The molecular weight excluding hydrogens is 326 g/mol. The van der Waals surface area contributed by atoms with E-state index in [0.29, 0.717) is 24.8 Å². The second-order valence-electron chi connectivity index (χ2n) is 7.97. The van der Waals surface area contributed by atoms with Crippen molar-refractivity contribution in [2.45, 2.75) is 32.6 Å². The molecule has 3 aliphatic heterocycles. The quantitative estimate of drug-likeness (QED) is 0.903. The Morgan fingerprint density at radius 3 is 2.54 bits per heavy atom. The lowest BCUT2D eigenvalue weighted by Gasteiger charge is -2.25. The highest BCUT2D eigenvalue weighted by molar-refractivity contribution is 6.00. The van der Waals surface area contributed by atoms with Crippen molar-refractivity contribution in [2.75, 3.05) is 37.6 Å². The first-order valence-corrected chi connectivity index (χ1v) is 10.0. The first kappa shape index (κ1) is 17.5. The van der Waals surface area contributed by atoms with Gasteiger partial charge in [-0.05, 0) is 55.8 Å². The smallest absolute Gasteiger partial charge is 0.228 e. The number of benzene rings is 1. The van der Waals surface area contributed by atoms with Gasteiger partial charge in [-0.2, -0.15) is 0 Å². The largest absolute Gasteiger partial charge is 0.342 e. The number of para-hydroxylation sites is 1. The van der Waals surface area contributed by atoms with Gasteiger partial charge in [-0.25, -0.2) is 0 Å². The third kappa shape index (κ3) is 3.25. The molecule has 3 saturated heterocycles. The van der Waals surface area contributed by atoms with Gasteiger partial charge in [0, 0.05) is 31.7 Å². The van der Waals surface area contributed by atoms with Gasteiger partial charge in [0.25, 0.3) is 0 Å². The van der Waals surface area contributed by atoms with E-state index in [0.717, 1.165) is 51.1 Å². The molecule has 0 aromatic heterocycles. The molecular formula is C21H29N3O2. The van der Waals surface area contributed by atoms with Crippen molar-refractivity contribution in [1.82, 2.24) is 10.2 Å². The Bertz CT molecular complexity index is 676. The molecule has 5 nitrogen and oxygen atoms in total. The minimum Gasteiger partial charge on any atom is -0.342 e. The molecule has 1 aromatic rings. The van der Waals surface area contributed by atoms with Crippen LogP contribution in [0, 0.1) is 17.8 Å². The van der Waals surface area contributed by atoms with Gasteiger partial charge in [0.2, 0.25) is 11.8 Å². The van der Waals surface area contributed by atoms with E-state index < -0.39 is 0 Å². The average molecular weight is 355 g/mol. The molecule has 1 unspecified atom stereocenters. The molecule has 0 saturated carbocycles. The van der Waals surface area contributed by atoms with Crippen molar-refractivity contribution in [2.24, 2.45) is 17.8 Å². The Labute approximate surface area is 155 Å². The molecule has 0 radical (unpaired) electrons. The van der Waals surface area contributed by atoms with Crippen LogP contribution in [0.1, 0.15) is 31.7 Å². The molecule has 26 heavy (non-hydrogen) atoms. The average Bonchev–Trinajstić information content (AvgIpc) is 3.22. The zero-order valence-electron chi connectivity index (χ0n) is 15.6. The Morgan fingerprint density at radius 1 is 1.15 bits per heavy atom. The number of amides is 2. The van der Waals surface area contributed by atoms with Crippen LogP contribution in [0.25, 0.3) is 0 Å². The summed E-state index contributed by atoms with van der Waals surface area (Å²) in [6, 6.07) is 8.05. The predicted octanol–water partition coefficient (Wildman–Crippen LogP) is 2.06. The summed E-state index contributed by atoms with van der Waals surface area (Å²) >= 11 is 0. The van der Waals surface area contributed by atoms with Crippen molar-refractivity contribution in [3.63, 3.8) is 0 Å². The van der Waals surface area contributed by atoms with Crippen LogP contribution in [-0.2, 0) is 16.0 Å². The molecule has 5 heteroatoms. The van der Waals surface area contributed by atoms with Crippen molar-refractivity contribution in [3.8, 4) is 0 Å². The van der Waals surface area contributed by atoms with Crippen LogP contribution in [0.15, 0.2) is 24.3 Å². The molecule has 1 N–H and O–H groups in total. The Balaban J connectivity index is 1.44. The molecule has 3 aliphatic rings. The maximum Gasteiger partial charge on any atom is 0.228 e. The van der Waals surface area contributed by atoms with Crippen LogP contribution in [0.3, 0.4) is 0 Å². The fourth-order valence-corrected chi connectivity index (χ4v) is 4.88. The Morgan fingerprint density at radius 2 is 1.85 bits per heavy atom. The van der Waals surface area contributed by atoms with Crippen molar-refractivity contribution >= 4 is 17.5 Å². The van der Waals surface area contributed by atoms with E-state index in [1.165, 1.54) is 5.56 Å². The molecule has 4 rings (SSSR count). The van der Waals surface area contributed by atoms with Crippen molar-refractivity contribution in [1.29, 1.82) is 0 Å². The molecule has 1 aromatic carbocycles. The summed E-state index contributed by atoms with van der Waals surface area (Å²) in [6.07, 6.45) is 3.42. The van der Waals surface area contributed by atoms with E-state index in [4.69, 9.17) is 0 Å². The van der Waals surface area contributed by atoms with Gasteiger partial charge in [0.15, 0.2) is 0 Å². The summed E-state index contributed by atoms with van der Waals surface area (Å²) in [7, 11) is 0. The normalized spacial score (nSPS) is 29.0. The van der Waals surface area contributed by atoms with Crippen LogP contribution in [0.2, 0.25) is 0 Å². The number of carbonyl (C=O) groups excluding carboxylic acids is 2. The summed E-state index contributed by atoms with van der Waals surface area (Å²) in [5, 5.41) is 3.48. The maximum atomic E-state index is 13.1. The Kier molecular flexibility index (Phi) is 4.98. The topological polar surface area (TPSA) is 52.7 Å². The van der Waals surface area contributed by atoms with E-state index in [9.17, 15) is 9.59 Å². The number of fused-ring (bicyclic) bond motifs is 1. The van der Waals surface area contributed by atoms with Crippen LogP contribution >= 0.6 is 0 Å². The fraction of sp³-hybridized carbons (Fsp3) is 0.619. The highest BCUT2D eigenvalue weighted by atomic mass is 16.2. The molecule has 0 spiro atoms. The predicted molar refractivity (Wildman–Crippen MR) is 102 cm³/mol. The zero-order valence-corrected chi connectivity index (χ0v) is 15.6. The zero-order chi connectivity index (χ0) is 18.1. The lowest BCUT2D eigenvalue weighted by atomic mass is 9.92. The van der Waals surface area contributed by atoms with Crippen LogP contribution in [-0.4, -0.2) is 49.4 Å². The fourth-order valence-electron chi connectivity index (χ4n) is 4.88. The van der Waals surface area contributed by atoms with Gasteiger partial charge >= 0.3 is 0 Å². The number of anilines is 1. The highest BCUT2D eigenvalue weighted by Crippen LogP contribution is 2.31. The van der Waals surface area contributed by atoms with Crippen molar-refractivity contribution in [3.05, 3.63) is 29.8 Å². The Hall–Kier alpha value is -1.88. The summed E-state index contributed by atoms with van der Waals surface area (Å²) in [4.78, 5) is 29.6. The van der Waals surface area contributed by atoms with E-state index in [-0.39, 0.29) is 17.7 Å². The molecule has 0 aliphatic carbocycles. The van der Waals surface area contributed by atoms with Gasteiger partial charge in [-0.15, -0.1) is 0 Å². The SMILES string of the molecule is CCc1ccccc1N1CC(C(=O)N2CC[C@@H]3CNC[C@@H]3CC2)CC1=O. The maximum absolute atomic E-state index is 13.1. The van der Waals surface area contributed by atoms with E-state index in [2.05, 4.69) is 18.3 Å². The number of nitrogens with one attached hydrogen (secondary N) is 1. The minimum absolute atomic E-state index is 0.0835. The highest BCUT2D eigenvalue weighted by Gasteiger charge is 2.39. The summed E-state index contributed by atoms with van der Waals surface area (Å²) in [5.41, 5.74) is 2.15. The molecule has 3 fully saturated rings. The van der Waals surface area contributed by atoms with Gasteiger partial charge in [-0.3, -0.25) is 9.59 Å². The second kappa shape index (κ2) is 7.39. The van der Waals surface area contributed by atoms with Gasteiger partial charge in [-0.1, -0.05) is 25.1 Å².